The van der Waals surface area contributed by atoms with Crippen molar-refractivity contribution in [3.05, 3.63) is 65.2 Å². The lowest BCUT2D eigenvalue weighted by atomic mass is 9.96. The highest BCUT2D eigenvalue weighted by Gasteiger charge is 2.14. The van der Waals surface area contributed by atoms with Gasteiger partial charge >= 0.3 is 11.9 Å². The molecule has 0 radical (unpaired) electrons. The molecule has 124 valence electrons. The lowest BCUT2D eigenvalue weighted by molar-refractivity contribution is 0.0593. The summed E-state index contributed by atoms with van der Waals surface area (Å²) in [6.07, 6.45) is 0. The van der Waals surface area contributed by atoms with E-state index in [1.807, 2.05) is 0 Å². The molecule has 0 aliphatic rings. The van der Waals surface area contributed by atoms with Gasteiger partial charge in [-0.25, -0.2) is 9.59 Å². The van der Waals surface area contributed by atoms with E-state index in [0.29, 0.717) is 16.9 Å². The smallest absolute Gasteiger partial charge is 0.339 e. The van der Waals surface area contributed by atoms with Crippen LogP contribution in [0.25, 0.3) is 5.57 Å². The summed E-state index contributed by atoms with van der Waals surface area (Å²) < 4.78 is 9.32. The van der Waals surface area contributed by atoms with Gasteiger partial charge in [-0.3, -0.25) is 0 Å². The summed E-state index contributed by atoms with van der Waals surface area (Å²) in [7, 11) is 2.58. The maximum Gasteiger partial charge on any atom is 0.339 e. The van der Waals surface area contributed by atoms with Gasteiger partial charge in [0.15, 0.2) is 0 Å². The van der Waals surface area contributed by atoms with Gasteiger partial charge in [0.2, 0.25) is 0 Å². The number of ether oxygens (including phenoxy) is 2. The number of anilines is 2. The van der Waals surface area contributed by atoms with Gasteiger partial charge < -0.3 is 20.9 Å². The molecule has 0 aliphatic heterocycles. The third kappa shape index (κ3) is 3.22. The minimum absolute atomic E-state index is 0.287. The number of carbonyl (C=O) groups is 2. The SMILES string of the molecule is C=C(c1ccc(C(=O)OC)c(N)c1)c1ccc(C(=O)OC)c(N)c1. The summed E-state index contributed by atoms with van der Waals surface area (Å²) in [6, 6.07) is 9.87. The van der Waals surface area contributed by atoms with Gasteiger partial charge in [-0.1, -0.05) is 18.7 Å². The maximum absolute atomic E-state index is 11.6. The van der Waals surface area contributed by atoms with Crippen molar-refractivity contribution >= 4 is 28.9 Å². The number of methoxy groups -OCH3 is 2. The molecule has 0 spiro atoms. The molecule has 0 saturated carbocycles. The number of carbonyl (C=O) groups excluding carboxylic acids is 2. The normalized spacial score (nSPS) is 10.1. The van der Waals surface area contributed by atoms with Crippen molar-refractivity contribution in [2.24, 2.45) is 0 Å². The topological polar surface area (TPSA) is 105 Å². The van der Waals surface area contributed by atoms with Gasteiger partial charge in [-0.05, 0) is 41.0 Å². The third-order valence-corrected chi connectivity index (χ3v) is 3.61. The molecule has 0 amide bonds. The summed E-state index contributed by atoms with van der Waals surface area (Å²) in [5.74, 6) is -1.01. The molecule has 24 heavy (non-hydrogen) atoms. The number of hydrogen-bond donors (Lipinski definition) is 2. The van der Waals surface area contributed by atoms with E-state index in [1.54, 1.807) is 36.4 Å². The van der Waals surface area contributed by atoms with E-state index >= 15 is 0 Å². The fourth-order valence-corrected chi connectivity index (χ4v) is 2.26. The second-order valence-corrected chi connectivity index (χ2v) is 5.07. The van der Waals surface area contributed by atoms with Crippen LogP contribution in [0.3, 0.4) is 0 Å². The zero-order valence-electron chi connectivity index (χ0n) is 13.5. The molecular weight excluding hydrogens is 308 g/mol. The predicted octanol–water partition coefficient (Wildman–Crippen LogP) is 2.49. The summed E-state index contributed by atoms with van der Waals surface area (Å²) in [5.41, 5.74) is 15.1. The van der Waals surface area contributed by atoms with Crippen molar-refractivity contribution in [3.63, 3.8) is 0 Å². The Hall–Kier alpha value is -3.28. The van der Waals surface area contributed by atoms with Gasteiger partial charge in [-0.15, -0.1) is 0 Å². The molecule has 6 heteroatoms. The lowest BCUT2D eigenvalue weighted by Crippen LogP contribution is -2.07. The van der Waals surface area contributed by atoms with Crippen LogP contribution >= 0.6 is 0 Å². The second-order valence-electron chi connectivity index (χ2n) is 5.07. The van der Waals surface area contributed by atoms with Crippen LogP contribution in [-0.4, -0.2) is 26.2 Å². The Kier molecular flexibility index (Phi) is 4.89. The van der Waals surface area contributed by atoms with E-state index < -0.39 is 11.9 Å². The number of nitrogen functional groups attached to an aromatic ring is 2. The minimum atomic E-state index is -0.503. The van der Waals surface area contributed by atoms with E-state index in [4.69, 9.17) is 11.5 Å². The van der Waals surface area contributed by atoms with E-state index in [1.165, 1.54) is 14.2 Å². The van der Waals surface area contributed by atoms with Gasteiger partial charge in [0, 0.05) is 11.4 Å². The monoisotopic (exact) mass is 326 g/mol. The van der Waals surface area contributed by atoms with Crippen LogP contribution in [-0.2, 0) is 9.47 Å². The molecule has 6 nitrogen and oxygen atoms in total. The van der Waals surface area contributed by atoms with Crippen molar-refractivity contribution in [3.8, 4) is 0 Å². The molecule has 0 fully saturated rings. The van der Waals surface area contributed by atoms with E-state index in [2.05, 4.69) is 16.1 Å². The van der Waals surface area contributed by atoms with E-state index in [0.717, 1.165) is 11.1 Å². The molecule has 0 aromatic heterocycles. The Balaban J connectivity index is 2.35. The lowest BCUT2D eigenvalue weighted by Gasteiger charge is -2.11. The zero-order chi connectivity index (χ0) is 17.9. The zero-order valence-corrected chi connectivity index (χ0v) is 13.5. The van der Waals surface area contributed by atoms with E-state index in [-0.39, 0.29) is 11.1 Å². The first kappa shape index (κ1) is 17.1. The molecule has 2 rings (SSSR count). The number of rotatable bonds is 4. The Morgan fingerprint density at radius 1 is 0.833 bits per heavy atom. The van der Waals surface area contributed by atoms with Crippen LogP contribution in [0.4, 0.5) is 11.4 Å². The quantitative estimate of drug-likeness (QED) is 0.660. The first-order chi connectivity index (χ1) is 11.4. The largest absolute Gasteiger partial charge is 0.465 e. The molecule has 2 aromatic carbocycles. The van der Waals surface area contributed by atoms with Crippen LogP contribution in [0.2, 0.25) is 0 Å². The standard InChI is InChI=1S/C18H18N2O4/c1-10(11-4-6-13(15(19)8-11)17(21)23-2)12-5-7-14(16(20)9-12)18(22)24-3/h4-9H,1,19-20H2,2-3H3. The third-order valence-electron chi connectivity index (χ3n) is 3.61. The Morgan fingerprint density at radius 2 is 1.21 bits per heavy atom. The van der Waals surface area contributed by atoms with Crippen LogP contribution < -0.4 is 11.5 Å². The molecule has 0 saturated heterocycles. The van der Waals surface area contributed by atoms with Gasteiger partial charge in [0.05, 0.1) is 25.3 Å². The molecule has 2 aromatic rings. The molecule has 0 bridgehead atoms. The summed E-state index contributed by atoms with van der Waals surface area (Å²) >= 11 is 0. The van der Waals surface area contributed by atoms with Crippen LogP contribution in [0, 0.1) is 0 Å². The highest BCUT2D eigenvalue weighted by atomic mass is 16.5. The molecular formula is C18H18N2O4. The Morgan fingerprint density at radius 3 is 1.50 bits per heavy atom. The fraction of sp³-hybridized carbons (Fsp3) is 0.111. The maximum atomic E-state index is 11.6. The number of hydrogen-bond acceptors (Lipinski definition) is 6. The number of nitrogens with two attached hydrogens (primary N) is 2. The number of esters is 2. The van der Waals surface area contributed by atoms with Crippen molar-refractivity contribution in [1.29, 1.82) is 0 Å². The van der Waals surface area contributed by atoms with Crippen LogP contribution in [0.5, 0.6) is 0 Å². The van der Waals surface area contributed by atoms with Crippen molar-refractivity contribution in [2.75, 3.05) is 25.7 Å². The average Bonchev–Trinajstić information content (AvgIpc) is 2.59. The Labute approximate surface area is 139 Å². The summed E-state index contributed by atoms with van der Waals surface area (Å²) in [4.78, 5) is 23.1. The van der Waals surface area contributed by atoms with Crippen LogP contribution in [0.1, 0.15) is 31.8 Å². The Bertz CT molecular complexity index is 760. The van der Waals surface area contributed by atoms with Crippen LogP contribution in [0.15, 0.2) is 43.0 Å². The predicted molar refractivity (Wildman–Crippen MR) is 92.5 cm³/mol. The van der Waals surface area contributed by atoms with Gasteiger partial charge in [0.25, 0.3) is 0 Å². The molecule has 0 heterocycles. The first-order valence-electron chi connectivity index (χ1n) is 7.04. The van der Waals surface area contributed by atoms with Gasteiger partial charge in [0.1, 0.15) is 0 Å². The molecule has 4 N–H and O–H groups in total. The second kappa shape index (κ2) is 6.87. The van der Waals surface area contributed by atoms with Crippen molar-refractivity contribution in [2.45, 2.75) is 0 Å². The minimum Gasteiger partial charge on any atom is -0.465 e. The number of benzene rings is 2. The first-order valence-corrected chi connectivity index (χ1v) is 7.04. The average molecular weight is 326 g/mol. The molecule has 0 aliphatic carbocycles. The fourth-order valence-electron chi connectivity index (χ4n) is 2.26. The van der Waals surface area contributed by atoms with Crippen molar-refractivity contribution < 1.29 is 19.1 Å². The van der Waals surface area contributed by atoms with Gasteiger partial charge in [-0.2, -0.15) is 0 Å². The highest BCUT2D eigenvalue weighted by molar-refractivity contribution is 5.97. The highest BCUT2D eigenvalue weighted by Crippen LogP contribution is 2.27. The van der Waals surface area contributed by atoms with Crippen molar-refractivity contribution in [1.82, 2.24) is 0 Å². The van der Waals surface area contributed by atoms with E-state index in [9.17, 15) is 9.59 Å². The summed E-state index contributed by atoms with van der Waals surface area (Å²) in [5, 5.41) is 0. The molecule has 0 atom stereocenters. The summed E-state index contributed by atoms with van der Waals surface area (Å²) in [6.45, 7) is 4.02. The molecule has 0 unspecified atom stereocenters.